The van der Waals surface area contributed by atoms with E-state index in [-0.39, 0.29) is 5.41 Å². The van der Waals surface area contributed by atoms with E-state index in [0.29, 0.717) is 22.0 Å². The van der Waals surface area contributed by atoms with Crippen molar-refractivity contribution in [3.05, 3.63) is 41.2 Å². The van der Waals surface area contributed by atoms with Gasteiger partial charge in [-0.2, -0.15) is 0 Å². The molecule has 128 valence electrons. The monoisotopic (exact) mass is 354 g/mol. The summed E-state index contributed by atoms with van der Waals surface area (Å²) in [5, 5.41) is 0.311. The summed E-state index contributed by atoms with van der Waals surface area (Å²) in [4.78, 5) is 28.1. The van der Waals surface area contributed by atoms with Crippen LogP contribution in [0.2, 0.25) is 0 Å². The Labute approximate surface area is 149 Å². The molecule has 25 heavy (non-hydrogen) atoms. The number of aromatic nitrogens is 3. The summed E-state index contributed by atoms with van der Waals surface area (Å²) >= 11 is 1.24. The van der Waals surface area contributed by atoms with Crippen LogP contribution in [-0.4, -0.2) is 34.1 Å². The van der Waals surface area contributed by atoms with Crippen molar-refractivity contribution in [1.29, 1.82) is 0 Å². The Morgan fingerprint density at radius 2 is 2.12 bits per heavy atom. The number of nitrogens with zero attached hydrogens (tertiary/aromatic N) is 4. The standard InChI is InChI=1S/C18H18N4O2S/c1-4-24-17(23)16-21-13-14(19-10-20-15(13)25-16)22-9-18(2,3)11-7-5-6-8-12(11)22/h5-8,10H,4,9H2,1-3H3. The molecule has 0 aliphatic carbocycles. The van der Waals surface area contributed by atoms with Crippen molar-refractivity contribution in [1.82, 2.24) is 15.0 Å². The number of esters is 1. The van der Waals surface area contributed by atoms with Crippen LogP contribution >= 0.6 is 11.3 Å². The molecular formula is C18H18N4O2S. The summed E-state index contributed by atoms with van der Waals surface area (Å²) in [5.74, 6) is 0.313. The van der Waals surface area contributed by atoms with Crippen LogP contribution in [0.1, 0.15) is 36.1 Å². The number of benzene rings is 1. The highest BCUT2D eigenvalue weighted by Gasteiger charge is 2.37. The fourth-order valence-corrected chi connectivity index (χ4v) is 4.05. The van der Waals surface area contributed by atoms with E-state index in [1.54, 1.807) is 6.92 Å². The Morgan fingerprint density at radius 3 is 2.92 bits per heavy atom. The van der Waals surface area contributed by atoms with E-state index >= 15 is 0 Å². The predicted molar refractivity (Wildman–Crippen MR) is 97.6 cm³/mol. The van der Waals surface area contributed by atoms with Gasteiger partial charge in [-0.05, 0) is 18.6 Å². The van der Waals surface area contributed by atoms with Gasteiger partial charge in [0.2, 0.25) is 5.01 Å². The highest BCUT2D eigenvalue weighted by Crippen LogP contribution is 2.44. The molecule has 1 aromatic carbocycles. The quantitative estimate of drug-likeness (QED) is 0.668. The molecule has 3 heterocycles. The van der Waals surface area contributed by atoms with E-state index < -0.39 is 5.97 Å². The topological polar surface area (TPSA) is 68.2 Å². The van der Waals surface area contributed by atoms with E-state index in [4.69, 9.17) is 4.74 Å². The number of rotatable bonds is 3. The van der Waals surface area contributed by atoms with Crippen LogP contribution in [0.15, 0.2) is 30.6 Å². The van der Waals surface area contributed by atoms with Crippen molar-refractivity contribution < 1.29 is 9.53 Å². The molecule has 6 nitrogen and oxygen atoms in total. The van der Waals surface area contributed by atoms with Crippen molar-refractivity contribution in [2.75, 3.05) is 18.1 Å². The molecule has 0 saturated heterocycles. The maximum atomic E-state index is 12.0. The Morgan fingerprint density at radius 1 is 1.32 bits per heavy atom. The van der Waals surface area contributed by atoms with Crippen molar-refractivity contribution in [3.63, 3.8) is 0 Å². The lowest BCUT2D eigenvalue weighted by atomic mass is 9.87. The summed E-state index contributed by atoms with van der Waals surface area (Å²) in [7, 11) is 0. The molecule has 3 aromatic rings. The molecule has 4 rings (SSSR count). The summed E-state index contributed by atoms with van der Waals surface area (Å²) in [6, 6.07) is 8.33. The fraction of sp³-hybridized carbons (Fsp3) is 0.333. The van der Waals surface area contributed by atoms with E-state index in [2.05, 4.69) is 51.9 Å². The molecule has 0 fully saturated rings. The van der Waals surface area contributed by atoms with Gasteiger partial charge in [0.25, 0.3) is 0 Å². The Kier molecular flexibility index (Phi) is 3.68. The van der Waals surface area contributed by atoms with Crippen molar-refractivity contribution >= 4 is 39.2 Å². The van der Waals surface area contributed by atoms with Crippen LogP contribution in [0, 0.1) is 0 Å². The molecule has 0 saturated carbocycles. The third kappa shape index (κ3) is 2.55. The Hall–Kier alpha value is -2.54. The second-order valence-corrected chi connectivity index (χ2v) is 7.56. The van der Waals surface area contributed by atoms with Crippen molar-refractivity contribution in [2.45, 2.75) is 26.2 Å². The molecule has 1 aliphatic heterocycles. The fourth-order valence-electron chi connectivity index (χ4n) is 3.26. The van der Waals surface area contributed by atoms with Gasteiger partial charge in [0.15, 0.2) is 5.82 Å². The van der Waals surface area contributed by atoms with Crippen LogP contribution in [-0.2, 0) is 10.2 Å². The second kappa shape index (κ2) is 5.77. The van der Waals surface area contributed by atoms with Crippen LogP contribution in [0.3, 0.4) is 0 Å². The largest absolute Gasteiger partial charge is 0.461 e. The first-order chi connectivity index (χ1) is 12.0. The number of carbonyl (C=O) groups is 1. The molecular weight excluding hydrogens is 336 g/mol. The minimum atomic E-state index is -0.418. The lowest BCUT2D eigenvalue weighted by molar-refractivity contribution is 0.0526. The Balaban J connectivity index is 1.84. The minimum Gasteiger partial charge on any atom is -0.461 e. The van der Waals surface area contributed by atoms with Crippen LogP contribution in [0.4, 0.5) is 11.5 Å². The van der Waals surface area contributed by atoms with Gasteiger partial charge in [0.1, 0.15) is 16.7 Å². The zero-order valence-electron chi connectivity index (χ0n) is 14.3. The van der Waals surface area contributed by atoms with Crippen LogP contribution < -0.4 is 4.90 Å². The van der Waals surface area contributed by atoms with Gasteiger partial charge in [-0.15, -0.1) is 0 Å². The summed E-state index contributed by atoms with van der Waals surface area (Å²) in [5.41, 5.74) is 3.05. The van der Waals surface area contributed by atoms with E-state index in [1.807, 2.05) is 6.07 Å². The van der Waals surface area contributed by atoms with Crippen LogP contribution in [0.25, 0.3) is 10.3 Å². The van der Waals surface area contributed by atoms with Crippen molar-refractivity contribution in [3.8, 4) is 0 Å². The van der Waals surface area contributed by atoms with Gasteiger partial charge in [-0.1, -0.05) is 43.4 Å². The molecule has 2 aromatic heterocycles. The SMILES string of the molecule is CCOC(=O)c1nc2c(N3CC(C)(C)c4ccccc43)ncnc2s1. The lowest BCUT2D eigenvalue weighted by Gasteiger charge is -2.21. The molecule has 7 heteroatoms. The predicted octanol–water partition coefficient (Wildman–Crippen LogP) is 3.69. The highest BCUT2D eigenvalue weighted by molar-refractivity contribution is 7.19. The number of para-hydroxylation sites is 1. The molecule has 0 spiro atoms. The maximum absolute atomic E-state index is 12.0. The van der Waals surface area contributed by atoms with E-state index in [9.17, 15) is 4.79 Å². The third-order valence-electron chi connectivity index (χ3n) is 4.36. The lowest BCUT2D eigenvalue weighted by Crippen LogP contribution is -2.25. The molecule has 0 atom stereocenters. The first-order valence-electron chi connectivity index (χ1n) is 8.17. The average Bonchev–Trinajstić information content (AvgIpc) is 3.15. The number of hydrogen-bond donors (Lipinski definition) is 0. The number of fused-ring (bicyclic) bond motifs is 2. The number of thiazole rings is 1. The van der Waals surface area contributed by atoms with Crippen LogP contribution in [0.5, 0.6) is 0 Å². The number of carbonyl (C=O) groups excluding carboxylic acids is 1. The number of hydrogen-bond acceptors (Lipinski definition) is 7. The zero-order chi connectivity index (χ0) is 17.6. The van der Waals surface area contributed by atoms with Gasteiger partial charge in [0.05, 0.1) is 6.61 Å². The van der Waals surface area contributed by atoms with Gasteiger partial charge >= 0.3 is 5.97 Å². The number of anilines is 2. The number of ether oxygens (including phenoxy) is 1. The van der Waals surface area contributed by atoms with Gasteiger partial charge in [-0.3, -0.25) is 0 Å². The first-order valence-corrected chi connectivity index (χ1v) is 8.98. The highest BCUT2D eigenvalue weighted by atomic mass is 32.1. The molecule has 0 bridgehead atoms. The minimum absolute atomic E-state index is 0.00780. The Bertz CT molecular complexity index is 967. The molecule has 1 aliphatic rings. The maximum Gasteiger partial charge on any atom is 0.367 e. The molecule has 0 amide bonds. The average molecular weight is 354 g/mol. The normalized spacial score (nSPS) is 15.4. The van der Waals surface area contributed by atoms with Gasteiger partial charge in [-0.25, -0.2) is 19.7 Å². The summed E-state index contributed by atoms with van der Waals surface area (Å²) < 4.78 is 5.06. The smallest absolute Gasteiger partial charge is 0.367 e. The molecule has 0 N–H and O–H groups in total. The van der Waals surface area contributed by atoms with Crippen molar-refractivity contribution in [2.24, 2.45) is 0 Å². The zero-order valence-corrected chi connectivity index (χ0v) is 15.1. The first kappa shape index (κ1) is 16.0. The van der Waals surface area contributed by atoms with Gasteiger partial charge < -0.3 is 9.64 Å². The summed E-state index contributed by atoms with van der Waals surface area (Å²) in [6.07, 6.45) is 1.53. The molecule has 0 radical (unpaired) electrons. The summed E-state index contributed by atoms with van der Waals surface area (Å²) in [6.45, 7) is 7.33. The third-order valence-corrected chi connectivity index (χ3v) is 5.30. The van der Waals surface area contributed by atoms with Gasteiger partial charge in [0, 0.05) is 17.6 Å². The molecule has 0 unspecified atom stereocenters. The van der Waals surface area contributed by atoms with E-state index in [0.717, 1.165) is 18.1 Å². The van der Waals surface area contributed by atoms with E-state index in [1.165, 1.54) is 23.2 Å². The second-order valence-electron chi connectivity index (χ2n) is 6.58.